The molecule has 1 N–H and O–H groups in total. The van der Waals surface area contributed by atoms with E-state index < -0.39 is 0 Å². The van der Waals surface area contributed by atoms with Crippen LogP contribution in [0.15, 0.2) is 59.4 Å². The molecule has 192 valence electrons. The molecule has 2 aromatic heterocycles. The summed E-state index contributed by atoms with van der Waals surface area (Å²) in [6, 6.07) is 19.4. The van der Waals surface area contributed by atoms with Gasteiger partial charge in [0, 0.05) is 12.1 Å². The van der Waals surface area contributed by atoms with E-state index in [9.17, 15) is 10.1 Å². The van der Waals surface area contributed by atoms with E-state index in [1.807, 2.05) is 68.4 Å². The van der Waals surface area contributed by atoms with E-state index in [2.05, 4.69) is 16.5 Å². The molecular weight excluding hydrogens is 464 g/mol. The Hall–Kier alpha value is -3.93. The van der Waals surface area contributed by atoms with Crippen LogP contribution in [0.25, 0.3) is 28.0 Å². The summed E-state index contributed by atoms with van der Waals surface area (Å²) in [5.74, 6) is 0.515. The van der Waals surface area contributed by atoms with Crippen molar-refractivity contribution in [2.75, 3.05) is 40.8 Å². The highest BCUT2D eigenvalue weighted by atomic mass is 16.5. The number of nitrogens with zero attached hydrogens (tertiary/aromatic N) is 5. The number of nitriles is 1. The normalized spacial score (nSPS) is 12.9. The third-order valence-corrected chi connectivity index (χ3v) is 6.40. The van der Waals surface area contributed by atoms with E-state index in [4.69, 9.17) is 4.74 Å². The van der Waals surface area contributed by atoms with Crippen molar-refractivity contribution < 1.29 is 4.74 Å². The smallest absolute Gasteiger partial charge is 0.351 e. The van der Waals surface area contributed by atoms with Gasteiger partial charge in [-0.2, -0.15) is 5.26 Å². The zero-order chi connectivity index (χ0) is 26.4. The summed E-state index contributed by atoms with van der Waals surface area (Å²) in [4.78, 5) is 15.5. The Kier molecular flexibility index (Phi) is 8.39. The number of aromatic nitrogens is 3. The molecule has 0 aliphatic carbocycles. The Labute approximate surface area is 217 Å². The zero-order valence-electron chi connectivity index (χ0n) is 22.0. The Bertz CT molecular complexity index is 1430. The molecule has 0 saturated carbocycles. The lowest BCUT2D eigenvalue weighted by atomic mass is 9.97. The summed E-state index contributed by atoms with van der Waals surface area (Å²) in [6.45, 7) is 5.69. The fourth-order valence-corrected chi connectivity index (χ4v) is 4.31. The Morgan fingerprint density at radius 3 is 2.24 bits per heavy atom. The monoisotopic (exact) mass is 498 g/mol. The first-order valence-corrected chi connectivity index (χ1v) is 12.6. The summed E-state index contributed by atoms with van der Waals surface area (Å²) < 4.78 is 8.76. The fraction of sp³-hybridized carbons (Fsp3) is 0.345. The summed E-state index contributed by atoms with van der Waals surface area (Å²) in [7, 11) is 5.50. The van der Waals surface area contributed by atoms with Crippen LogP contribution in [0.3, 0.4) is 0 Å². The Morgan fingerprint density at radius 1 is 1.05 bits per heavy atom. The molecule has 0 bridgehead atoms. The highest BCUT2D eigenvalue weighted by molar-refractivity contribution is 5.85. The number of fused-ring (bicyclic) bond motifs is 1. The van der Waals surface area contributed by atoms with E-state index >= 15 is 0 Å². The molecule has 0 unspecified atom stereocenters. The highest BCUT2D eigenvalue weighted by Crippen LogP contribution is 2.36. The SMILES string of the molecule is C1CCNC1.COc1cc(-c2ccc(C#N)cc2)c(-c2ccc(C)cc2)n2c(=O)n(CCN(C)C)nc12. The number of ether oxygens (including phenoxy) is 1. The average Bonchev–Trinajstić information content (AvgIpc) is 3.60. The van der Waals surface area contributed by atoms with Gasteiger partial charge in [-0.05, 0) is 76.3 Å². The first kappa shape index (κ1) is 26.1. The predicted octanol–water partition coefficient (Wildman–Crippen LogP) is 3.95. The molecule has 2 aromatic carbocycles. The van der Waals surface area contributed by atoms with Gasteiger partial charge < -0.3 is 15.0 Å². The Balaban J connectivity index is 0.000000572. The second kappa shape index (κ2) is 11.9. The molecule has 3 heterocycles. The molecule has 4 aromatic rings. The van der Waals surface area contributed by atoms with Crippen LogP contribution in [-0.2, 0) is 6.54 Å². The summed E-state index contributed by atoms with van der Waals surface area (Å²) in [5.41, 5.74) is 5.32. The van der Waals surface area contributed by atoms with Gasteiger partial charge in [0.25, 0.3) is 0 Å². The van der Waals surface area contributed by atoms with Crippen LogP contribution < -0.4 is 15.7 Å². The van der Waals surface area contributed by atoms with Crippen molar-refractivity contribution >= 4 is 5.65 Å². The summed E-state index contributed by atoms with van der Waals surface area (Å²) in [6.07, 6.45) is 2.78. The lowest BCUT2D eigenvalue weighted by molar-refractivity contribution is 0.369. The molecule has 1 aliphatic rings. The first-order chi connectivity index (χ1) is 17.9. The van der Waals surface area contributed by atoms with Gasteiger partial charge in [0.1, 0.15) is 0 Å². The molecule has 0 amide bonds. The number of methoxy groups -OCH3 is 1. The van der Waals surface area contributed by atoms with Crippen molar-refractivity contribution in [3.63, 3.8) is 0 Å². The van der Waals surface area contributed by atoms with Crippen LogP contribution >= 0.6 is 0 Å². The van der Waals surface area contributed by atoms with E-state index in [0.717, 1.165) is 27.9 Å². The van der Waals surface area contributed by atoms with Crippen LogP contribution in [0.4, 0.5) is 0 Å². The molecule has 1 fully saturated rings. The number of pyridine rings is 1. The number of aryl methyl sites for hydroxylation is 1. The van der Waals surface area contributed by atoms with Crippen LogP contribution in [0, 0.1) is 18.3 Å². The standard InChI is InChI=1S/C25H25N5O2.C4H9N/c1-17-5-9-20(10-6-17)23-21(19-11-7-18(16-26)8-12-19)15-22(32-4)24-27-29(14-13-28(2)3)25(31)30(23)24;1-2-4-5-3-1/h5-12,15H,13-14H2,1-4H3;5H,1-4H2. The van der Waals surface area contributed by atoms with Crippen molar-refractivity contribution in [2.24, 2.45) is 0 Å². The first-order valence-electron chi connectivity index (χ1n) is 12.6. The van der Waals surface area contributed by atoms with Crippen molar-refractivity contribution in [3.8, 4) is 34.2 Å². The van der Waals surface area contributed by atoms with E-state index in [1.165, 1.54) is 30.6 Å². The van der Waals surface area contributed by atoms with Gasteiger partial charge >= 0.3 is 5.69 Å². The molecule has 0 spiro atoms. The van der Waals surface area contributed by atoms with Crippen LogP contribution in [-0.4, -0.2) is 59.9 Å². The molecule has 0 atom stereocenters. The molecule has 37 heavy (non-hydrogen) atoms. The maximum Gasteiger partial charge on any atom is 0.351 e. The van der Waals surface area contributed by atoms with E-state index in [1.54, 1.807) is 23.6 Å². The number of likely N-dealkylation sites (N-methyl/N-ethyl adjacent to an activating group) is 1. The van der Waals surface area contributed by atoms with Crippen LogP contribution in [0.5, 0.6) is 5.75 Å². The maximum absolute atomic E-state index is 13.5. The van der Waals surface area contributed by atoms with Gasteiger partial charge in [-0.3, -0.25) is 0 Å². The second-order valence-corrected chi connectivity index (χ2v) is 9.46. The molecule has 1 aliphatic heterocycles. The molecule has 8 nitrogen and oxygen atoms in total. The van der Waals surface area contributed by atoms with Crippen molar-refractivity contribution in [3.05, 3.63) is 76.2 Å². The van der Waals surface area contributed by atoms with Gasteiger partial charge in [-0.15, -0.1) is 5.10 Å². The van der Waals surface area contributed by atoms with Gasteiger partial charge in [0.05, 0.1) is 31.0 Å². The summed E-state index contributed by atoms with van der Waals surface area (Å²) >= 11 is 0. The lowest BCUT2D eigenvalue weighted by Crippen LogP contribution is -2.27. The predicted molar refractivity (Wildman–Crippen MR) is 147 cm³/mol. The van der Waals surface area contributed by atoms with Crippen molar-refractivity contribution in [1.29, 1.82) is 5.26 Å². The van der Waals surface area contributed by atoms with Crippen LogP contribution in [0.1, 0.15) is 24.0 Å². The van der Waals surface area contributed by atoms with Gasteiger partial charge in [0.2, 0.25) is 5.65 Å². The van der Waals surface area contributed by atoms with E-state index in [-0.39, 0.29) is 5.69 Å². The maximum atomic E-state index is 13.5. The van der Waals surface area contributed by atoms with Crippen LogP contribution in [0.2, 0.25) is 0 Å². The number of hydrogen-bond acceptors (Lipinski definition) is 6. The molecular formula is C29H34N6O2. The van der Waals surface area contributed by atoms with Gasteiger partial charge in [0.15, 0.2) is 5.75 Å². The highest BCUT2D eigenvalue weighted by Gasteiger charge is 2.21. The van der Waals surface area contributed by atoms with E-state index in [0.29, 0.717) is 30.0 Å². The fourth-order valence-electron chi connectivity index (χ4n) is 4.31. The number of nitrogens with one attached hydrogen (secondary N) is 1. The molecule has 5 rings (SSSR count). The average molecular weight is 499 g/mol. The zero-order valence-corrected chi connectivity index (χ0v) is 22.0. The molecule has 1 saturated heterocycles. The number of benzene rings is 2. The number of rotatable bonds is 6. The quantitative estimate of drug-likeness (QED) is 0.433. The minimum atomic E-state index is -0.216. The Morgan fingerprint density at radius 2 is 1.70 bits per heavy atom. The van der Waals surface area contributed by atoms with Crippen molar-refractivity contribution in [2.45, 2.75) is 26.3 Å². The molecule has 8 heteroatoms. The summed E-state index contributed by atoms with van der Waals surface area (Å²) in [5, 5.41) is 17.0. The lowest BCUT2D eigenvalue weighted by Gasteiger charge is -2.15. The third kappa shape index (κ3) is 5.91. The third-order valence-electron chi connectivity index (χ3n) is 6.40. The topological polar surface area (TPSA) is 87.6 Å². The van der Waals surface area contributed by atoms with Crippen molar-refractivity contribution in [1.82, 2.24) is 24.4 Å². The van der Waals surface area contributed by atoms with Gasteiger partial charge in [-0.25, -0.2) is 13.9 Å². The number of hydrogen-bond donors (Lipinski definition) is 1. The van der Waals surface area contributed by atoms with Gasteiger partial charge in [-0.1, -0.05) is 42.0 Å². The molecule has 0 radical (unpaired) electrons. The second-order valence-electron chi connectivity index (χ2n) is 9.46. The minimum Gasteiger partial charge on any atom is -0.493 e. The largest absolute Gasteiger partial charge is 0.493 e. The minimum absolute atomic E-state index is 0.216.